The van der Waals surface area contributed by atoms with E-state index in [1.165, 1.54) is 6.42 Å². The molecule has 1 heterocycles. The van der Waals surface area contributed by atoms with Crippen molar-refractivity contribution >= 4 is 36.5 Å². The molecular weight excluding hydrogens is 285 g/mol. The first-order chi connectivity index (χ1) is 8.25. The van der Waals surface area contributed by atoms with Crippen LogP contribution in [0.5, 0.6) is 0 Å². The number of nitrogens with one attached hydrogen (secondary N) is 1. The fourth-order valence-electron chi connectivity index (χ4n) is 3.37. The minimum atomic E-state index is -0.0178. The molecule has 106 valence electrons. The fourth-order valence-corrected chi connectivity index (χ4v) is 3.37. The lowest BCUT2D eigenvalue weighted by molar-refractivity contribution is -0.121. The van der Waals surface area contributed by atoms with E-state index in [2.05, 4.69) is 10.3 Å². The number of fused-ring (bicyclic) bond motifs is 2. The van der Waals surface area contributed by atoms with E-state index in [9.17, 15) is 4.79 Å². The van der Waals surface area contributed by atoms with Gasteiger partial charge in [0.2, 0.25) is 5.91 Å². The second-order valence-electron chi connectivity index (χ2n) is 5.14. The molecule has 4 atom stereocenters. The van der Waals surface area contributed by atoms with Crippen molar-refractivity contribution in [2.45, 2.75) is 25.3 Å². The van der Waals surface area contributed by atoms with Gasteiger partial charge in [-0.05, 0) is 43.2 Å². The third-order valence-corrected chi connectivity index (χ3v) is 4.20. The molecule has 2 fully saturated rings. The van der Waals surface area contributed by atoms with Crippen LogP contribution in [0.25, 0.3) is 0 Å². The number of hydrogen-bond donors (Lipinski definition) is 2. The molecule has 1 amide bonds. The summed E-state index contributed by atoms with van der Waals surface area (Å²) in [7, 11) is 0. The minimum absolute atomic E-state index is 0. The number of anilines is 1. The molecule has 3 N–H and O–H groups in total. The normalized spacial score (nSPS) is 31.2. The van der Waals surface area contributed by atoms with Crippen molar-refractivity contribution in [3.8, 4) is 0 Å². The van der Waals surface area contributed by atoms with E-state index >= 15 is 0 Å². The number of amides is 1. The monoisotopic (exact) mass is 303 g/mol. The quantitative estimate of drug-likeness (QED) is 0.880. The number of nitrogens with zero attached hydrogens (tertiary/aromatic N) is 1. The summed E-state index contributed by atoms with van der Waals surface area (Å²) in [6, 6.07) is 5.54. The van der Waals surface area contributed by atoms with Crippen LogP contribution in [-0.4, -0.2) is 16.9 Å². The summed E-state index contributed by atoms with van der Waals surface area (Å²) in [6.45, 7) is 0. The first-order valence-corrected chi connectivity index (χ1v) is 6.23. The average molecular weight is 304 g/mol. The SMILES string of the molecule is Cl.Cl.NC1C2CCC(C2)C1C(=O)Nc1ccccn1. The predicted octanol–water partition coefficient (Wildman–Crippen LogP) is 2.24. The Kier molecular flexibility index (Phi) is 5.59. The smallest absolute Gasteiger partial charge is 0.230 e. The number of carbonyl (C=O) groups excluding carboxylic acids is 1. The van der Waals surface area contributed by atoms with Gasteiger partial charge in [0.1, 0.15) is 5.82 Å². The molecule has 3 rings (SSSR count). The van der Waals surface area contributed by atoms with Gasteiger partial charge < -0.3 is 11.1 Å². The number of carbonyl (C=O) groups is 1. The van der Waals surface area contributed by atoms with Gasteiger partial charge in [0.15, 0.2) is 0 Å². The second-order valence-corrected chi connectivity index (χ2v) is 5.14. The molecule has 4 unspecified atom stereocenters. The van der Waals surface area contributed by atoms with Gasteiger partial charge in [-0.2, -0.15) is 0 Å². The summed E-state index contributed by atoms with van der Waals surface area (Å²) in [5, 5.41) is 2.87. The maximum Gasteiger partial charge on any atom is 0.230 e. The highest BCUT2D eigenvalue weighted by molar-refractivity contribution is 5.92. The molecular formula is C13H19Cl2N3O. The molecule has 1 aromatic rings. The molecule has 1 aromatic heterocycles. The molecule has 2 aliphatic rings. The van der Waals surface area contributed by atoms with Crippen molar-refractivity contribution in [2.24, 2.45) is 23.5 Å². The maximum absolute atomic E-state index is 12.2. The van der Waals surface area contributed by atoms with Gasteiger partial charge in [-0.1, -0.05) is 6.07 Å². The van der Waals surface area contributed by atoms with Gasteiger partial charge in [-0.25, -0.2) is 4.98 Å². The van der Waals surface area contributed by atoms with Gasteiger partial charge in [0, 0.05) is 12.2 Å². The van der Waals surface area contributed by atoms with Crippen LogP contribution in [0.4, 0.5) is 5.82 Å². The number of aromatic nitrogens is 1. The molecule has 2 bridgehead atoms. The molecule has 0 spiro atoms. The highest BCUT2D eigenvalue weighted by atomic mass is 35.5. The third-order valence-electron chi connectivity index (χ3n) is 4.20. The van der Waals surface area contributed by atoms with Crippen molar-refractivity contribution in [1.29, 1.82) is 0 Å². The molecule has 19 heavy (non-hydrogen) atoms. The fraction of sp³-hybridized carbons (Fsp3) is 0.538. The Balaban J connectivity index is 0.000000902. The summed E-state index contributed by atoms with van der Waals surface area (Å²) in [5.74, 6) is 1.69. The number of nitrogens with two attached hydrogens (primary N) is 1. The van der Waals surface area contributed by atoms with Crippen molar-refractivity contribution in [3.05, 3.63) is 24.4 Å². The number of rotatable bonds is 2. The van der Waals surface area contributed by atoms with E-state index in [-0.39, 0.29) is 42.7 Å². The molecule has 4 nitrogen and oxygen atoms in total. The Morgan fingerprint density at radius 3 is 2.58 bits per heavy atom. The first-order valence-electron chi connectivity index (χ1n) is 6.23. The standard InChI is InChI=1S/C13H17N3O.2ClH/c14-12-9-5-4-8(7-9)11(12)13(17)16-10-3-1-2-6-15-10;;/h1-3,6,8-9,11-12H,4-5,7,14H2,(H,15,16,17);2*1H. The first kappa shape index (κ1) is 16.2. The predicted molar refractivity (Wildman–Crippen MR) is 79.7 cm³/mol. The average Bonchev–Trinajstić information content (AvgIpc) is 2.90. The van der Waals surface area contributed by atoms with Crippen LogP contribution >= 0.6 is 24.8 Å². The Bertz CT molecular complexity index is 427. The topological polar surface area (TPSA) is 68.0 Å². The van der Waals surface area contributed by atoms with Crippen LogP contribution in [0.2, 0.25) is 0 Å². The summed E-state index contributed by atoms with van der Waals surface area (Å²) in [5.41, 5.74) is 6.14. The van der Waals surface area contributed by atoms with Crippen LogP contribution in [-0.2, 0) is 4.79 Å². The zero-order valence-electron chi connectivity index (χ0n) is 10.5. The Morgan fingerprint density at radius 1 is 1.26 bits per heavy atom. The largest absolute Gasteiger partial charge is 0.327 e. The lowest BCUT2D eigenvalue weighted by Gasteiger charge is -2.26. The molecule has 6 heteroatoms. The maximum atomic E-state index is 12.2. The number of pyridine rings is 1. The van der Waals surface area contributed by atoms with E-state index < -0.39 is 0 Å². The summed E-state index contributed by atoms with van der Waals surface area (Å²) >= 11 is 0. The lowest BCUT2D eigenvalue weighted by atomic mass is 9.84. The highest BCUT2D eigenvalue weighted by Crippen LogP contribution is 2.47. The number of hydrogen-bond acceptors (Lipinski definition) is 3. The van der Waals surface area contributed by atoms with E-state index in [0.717, 1.165) is 12.8 Å². The lowest BCUT2D eigenvalue weighted by Crippen LogP contribution is -2.42. The number of halogens is 2. The van der Waals surface area contributed by atoms with Gasteiger partial charge in [-0.3, -0.25) is 4.79 Å². The van der Waals surface area contributed by atoms with E-state index in [0.29, 0.717) is 17.7 Å². The molecule has 2 saturated carbocycles. The van der Waals surface area contributed by atoms with Crippen molar-refractivity contribution in [2.75, 3.05) is 5.32 Å². The Hall–Kier alpha value is -0.840. The van der Waals surface area contributed by atoms with Gasteiger partial charge >= 0.3 is 0 Å². The second kappa shape index (κ2) is 6.55. The molecule has 0 aliphatic heterocycles. The van der Waals surface area contributed by atoms with Crippen LogP contribution in [0.1, 0.15) is 19.3 Å². The molecule has 0 radical (unpaired) electrons. The van der Waals surface area contributed by atoms with E-state index in [1.807, 2.05) is 12.1 Å². The van der Waals surface area contributed by atoms with Crippen molar-refractivity contribution < 1.29 is 4.79 Å². The molecule has 0 saturated heterocycles. The molecule has 0 aromatic carbocycles. The Labute approximate surface area is 125 Å². The zero-order valence-corrected chi connectivity index (χ0v) is 12.1. The van der Waals surface area contributed by atoms with E-state index in [1.54, 1.807) is 12.3 Å². The van der Waals surface area contributed by atoms with Gasteiger partial charge in [-0.15, -0.1) is 24.8 Å². The van der Waals surface area contributed by atoms with Gasteiger partial charge in [0.25, 0.3) is 0 Å². The van der Waals surface area contributed by atoms with Crippen LogP contribution in [0.15, 0.2) is 24.4 Å². The molecule has 2 aliphatic carbocycles. The van der Waals surface area contributed by atoms with Gasteiger partial charge in [0.05, 0.1) is 5.92 Å². The summed E-state index contributed by atoms with van der Waals surface area (Å²) in [6.07, 6.45) is 5.15. The van der Waals surface area contributed by atoms with Crippen LogP contribution < -0.4 is 11.1 Å². The minimum Gasteiger partial charge on any atom is -0.327 e. The van der Waals surface area contributed by atoms with Crippen molar-refractivity contribution in [3.63, 3.8) is 0 Å². The van der Waals surface area contributed by atoms with E-state index in [4.69, 9.17) is 5.73 Å². The summed E-state index contributed by atoms with van der Waals surface area (Å²) < 4.78 is 0. The third kappa shape index (κ3) is 3.02. The highest BCUT2D eigenvalue weighted by Gasteiger charge is 2.49. The van der Waals surface area contributed by atoms with Crippen LogP contribution in [0, 0.1) is 17.8 Å². The zero-order chi connectivity index (χ0) is 11.8. The summed E-state index contributed by atoms with van der Waals surface area (Å²) in [4.78, 5) is 16.3. The van der Waals surface area contributed by atoms with Crippen molar-refractivity contribution in [1.82, 2.24) is 4.98 Å². The Morgan fingerprint density at radius 2 is 2.00 bits per heavy atom. The van der Waals surface area contributed by atoms with Crippen LogP contribution in [0.3, 0.4) is 0 Å².